The molecule has 0 bridgehead atoms. The summed E-state index contributed by atoms with van der Waals surface area (Å²) in [7, 11) is 0. The van der Waals surface area contributed by atoms with Crippen LogP contribution in [0.3, 0.4) is 0 Å². The predicted octanol–water partition coefficient (Wildman–Crippen LogP) is 5.03. The number of hydrogen-bond donors (Lipinski definition) is 2. The first-order valence-corrected chi connectivity index (χ1v) is 8.58. The van der Waals surface area contributed by atoms with Crippen LogP contribution in [0, 0.1) is 9.39 Å². The molecule has 0 fully saturated rings. The van der Waals surface area contributed by atoms with E-state index in [-0.39, 0.29) is 5.56 Å². The van der Waals surface area contributed by atoms with E-state index in [1.165, 1.54) is 12.1 Å². The van der Waals surface area contributed by atoms with Crippen LogP contribution in [0.2, 0.25) is 0 Å². The van der Waals surface area contributed by atoms with E-state index in [0.717, 1.165) is 0 Å². The first kappa shape index (κ1) is 19.2. The van der Waals surface area contributed by atoms with Crippen molar-refractivity contribution in [3.8, 4) is 0 Å². The molecule has 132 valence electrons. The SMILES string of the molecule is CC(C)(C)OC(=O)Nc1ccc(NC(=O)c2cc(F)ccc2I)cc1. The quantitative estimate of drug-likeness (QED) is 0.637. The number of nitrogens with one attached hydrogen (secondary N) is 2. The van der Waals surface area contributed by atoms with Crippen LogP contribution in [-0.4, -0.2) is 17.6 Å². The molecule has 0 aromatic heterocycles. The number of halogens is 2. The number of rotatable bonds is 3. The third kappa shape index (κ3) is 6.00. The number of benzene rings is 2. The van der Waals surface area contributed by atoms with E-state index in [9.17, 15) is 14.0 Å². The van der Waals surface area contributed by atoms with E-state index in [1.807, 2.05) is 22.6 Å². The molecule has 2 rings (SSSR count). The fourth-order valence-corrected chi connectivity index (χ4v) is 2.51. The summed E-state index contributed by atoms with van der Waals surface area (Å²) in [6.45, 7) is 5.33. The van der Waals surface area contributed by atoms with Crippen molar-refractivity contribution in [2.75, 3.05) is 10.6 Å². The van der Waals surface area contributed by atoms with Gasteiger partial charge in [0, 0.05) is 14.9 Å². The van der Waals surface area contributed by atoms with Crippen molar-refractivity contribution in [3.05, 3.63) is 57.4 Å². The highest BCUT2D eigenvalue weighted by molar-refractivity contribution is 14.1. The molecule has 0 unspecified atom stereocenters. The third-order valence-electron chi connectivity index (χ3n) is 2.96. The first-order valence-electron chi connectivity index (χ1n) is 7.50. The van der Waals surface area contributed by atoms with Crippen LogP contribution < -0.4 is 10.6 Å². The monoisotopic (exact) mass is 456 g/mol. The van der Waals surface area contributed by atoms with E-state index < -0.39 is 23.4 Å². The van der Waals surface area contributed by atoms with Crippen LogP contribution in [0.1, 0.15) is 31.1 Å². The van der Waals surface area contributed by atoms with Crippen LogP contribution in [0.5, 0.6) is 0 Å². The second-order valence-electron chi connectivity index (χ2n) is 6.28. The Hall–Kier alpha value is -2.16. The average Bonchev–Trinajstić information content (AvgIpc) is 2.49. The molecule has 25 heavy (non-hydrogen) atoms. The zero-order valence-corrected chi connectivity index (χ0v) is 16.2. The van der Waals surface area contributed by atoms with E-state index in [1.54, 1.807) is 51.1 Å². The zero-order chi connectivity index (χ0) is 18.6. The van der Waals surface area contributed by atoms with Gasteiger partial charge in [-0.15, -0.1) is 0 Å². The highest BCUT2D eigenvalue weighted by atomic mass is 127. The minimum Gasteiger partial charge on any atom is -0.444 e. The van der Waals surface area contributed by atoms with E-state index in [2.05, 4.69) is 10.6 Å². The molecule has 5 nitrogen and oxygen atoms in total. The highest BCUT2D eigenvalue weighted by Crippen LogP contribution is 2.18. The summed E-state index contributed by atoms with van der Waals surface area (Å²) in [5.74, 6) is -0.876. The fraction of sp³-hybridized carbons (Fsp3) is 0.222. The second kappa shape index (κ2) is 7.81. The van der Waals surface area contributed by atoms with Crippen LogP contribution in [0.25, 0.3) is 0 Å². The van der Waals surface area contributed by atoms with Crippen LogP contribution in [0.15, 0.2) is 42.5 Å². The Kier molecular flexibility index (Phi) is 5.99. The Morgan fingerprint density at radius 2 is 1.56 bits per heavy atom. The average molecular weight is 456 g/mol. The molecule has 0 atom stereocenters. The lowest BCUT2D eigenvalue weighted by atomic mass is 10.2. The number of carbonyl (C=O) groups excluding carboxylic acids is 2. The van der Waals surface area contributed by atoms with E-state index in [0.29, 0.717) is 14.9 Å². The molecule has 0 aliphatic carbocycles. The van der Waals surface area contributed by atoms with Gasteiger partial charge >= 0.3 is 6.09 Å². The van der Waals surface area contributed by atoms with Gasteiger partial charge in [-0.3, -0.25) is 10.1 Å². The Morgan fingerprint density at radius 3 is 2.12 bits per heavy atom. The largest absolute Gasteiger partial charge is 0.444 e. The van der Waals surface area contributed by atoms with Gasteiger partial charge in [0.05, 0.1) is 5.56 Å². The minimum atomic E-state index is -0.583. The molecular formula is C18H18FIN2O3. The van der Waals surface area contributed by atoms with E-state index in [4.69, 9.17) is 4.74 Å². The summed E-state index contributed by atoms with van der Waals surface area (Å²) < 4.78 is 19.1. The Morgan fingerprint density at radius 1 is 1.00 bits per heavy atom. The van der Waals surface area contributed by atoms with Gasteiger partial charge in [0.1, 0.15) is 11.4 Å². The number of amides is 2. The topological polar surface area (TPSA) is 67.4 Å². The lowest BCUT2D eigenvalue weighted by Gasteiger charge is -2.19. The van der Waals surface area contributed by atoms with Crippen molar-refractivity contribution in [2.45, 2.75) is 26.4 Å². The summed E-state index contributed by atoms with van der Waals surface area (Å²) in [5.41, 5.74) is 0.740. The van der Waals surface area contributed by atoms with Crippen LogP contribution in [0.4, 0.5) is 20.6 Å². The van der Waals surface area contributed by atoms with Crippen molar-refractivity contribution in [3.63, 3.8) is 0 Å². The van der Waals surface area contributed by atoms with Gasteiger partial charge in [-0.1, -0.05) is 0 Å². The number of carbonyl (C=O) groups is 2. The van der Waals surface area contributed by atoms with Crippen molar-refractivity contribution < 1.29 is 18.7 Å². The molecule has 2 aromatic rings. The molecule has 0 radical (unpaired) electrons. The maximum atomic E-state index is 13.3. The Labute approximate surface area is 159 Å². The van der Waals surface area contributed by atoms with Gasteiger partial charge in [0.15, 0.2) is 0 Å². The first-order chi connectivity index (χ1) is 11.6. The summed E-state index contributed by atoms with van der Waals surface area (Å²) in [6, 6.07) is 10.6. The molecule has 0 saturated heterocycles. The smallest absolute Gasteiger partial charge is 0.412 e. The summed E-state index contributed by atoms with van der Waals surface area (Å²) in [5, 5.41) is 5.29. The molecule has 2 N–H and O–H groups in total. The second-order valence-corrected chi connectivity index (χ2v) is 7.44. The van der Waals surface area contributed by atoms with Crippen LogP contribution >= 0.6 is 22.6 Å². The lowest BCUT2D eigenvalue weighted by Crippen LogP contribution is -2.27. The maximum absolute atomic E-state index is 13.3. The summed E-state index contributed by atoms with van der Waals surface area (Å²) in [4.78, 5) is 23.9. The molecule has 2 aromatic carbocycles. The van der Waals surface area contributed by atoms with E-state index >= 15 is 0 Å². The number of ether oxygens (including phenoxy) is 1. The highest BCUT2D eigenvalue weighted by Gasteiger charge is 2.16. The number of anilines is 2. The summed E-state index contributed by atoms with van der Waals surface area (Å²) >= 11 is 1.98. The normalized spacial score (nSPS) is 10.9. The molecule has 0 aliphatic rings. The Balaban J connectivity index is 2.01. The van der Waals surface area contributed by atoms with Crippen LogP contribution in [-0.2, 0) is 4.74 Å². The minimum absolute atomic E-state index is 0.261. The van der Waals surface area contributed by atoms with Gasteiger partial charge in [0.2, 0.25) is 0 Å². The van der Waals surface area contributed by atoms with Crippen molar-refractivity contribution in [2.24, 2.45) is 0 Å². The zero-order valence-electron chi connectivity index (χ0n) is 14.0. The lowest BCUT2D eigenvalue weighted by molar-refractivity contribution is 0.0635. The Bertz CT molecular complexity index is 786. The fourth-order valence-electron chi connectivity index (χ4n) is 1.93. The molecule has 2 amide bonds. The number of hydrogen-bond acceptors (Lipinski definition) is 3. The molecular weight excluding hydrogens is 438 g/mol. The van der Waals surface area contributed by atoms with Crippen molar-refractivity contribution in [1.82, 2.24) is 0 Å². The van der Waals surface area contributed by atoms with Gasteiger partial charge < -0.3 is 10.1 Å². The molecule has 0 spiro atoms. The third-order valence-corrected chi connectivity index (χ3v) is 3.90. The van der Waals surface area contributed by atoms with Crippen molar-refractivity contribution >= 4 is 46.0 Å². The maximum Gasteiger partial charge on any atom is 0.412 e. The van der Waals surface area contributed by atoms with Gasteiger partial charge in [0.25, 0.3) is 5.91 Å². The predicted molar refractivity (Wildman–Crippen MR) is 103 cm³/mol. The summed E-state index contributed by atoms with van der Waals surface area (Å²) in [6.07, 6.45) is -0.557. The van der Waals surface area contributed by atoms with Gasteiger partial charge in [-0.25, -0.2) is 9.18 Å². The molecule has 0 heterocycles. The molecule has 7 heteroatoms. The van der Waals surface area contributed by atoms with Gasteiger partial charge in [-0.05, 0) is 85.8 Å². The molecule has 0 saturated carbocycles. The standard InChI is InChI=1S/C18H18FIN2O3/c1-18(2,3)25-17(24)22-13-7-5-12(6-8-13)21-16(23)14-10-11(19)4-9-15(14)20/h4-10H,1-3H3,(H,21,23)(H,22,24). The van der Waals surface area contributed by atoms with Crippen molar-refractivity contribution in [1.29, 1.82) is 0 Å². The van der Waals surface area contributed by atoms with Gasteiger partial charge in [-0.2, -0.15) is 0 Å². The molecule has 0 aliphatic heterocycles.